The highest BCUT2D eigenvalue weighted by molar-refractivity contribution is 7.19. The van der Waals surface area contributed by atoms with Gasteiger partial charge in [-0.05, 0) is 37.7 Å². The molecule has 2 aromatic rings. The summed E-state index contributed by atoms with van der Waals surface area (Å²) in [6.45, 7) is 0.830. The Balaban J connectivity index is 1.61. The fraction of sp³-hybridized carbons (Fsp3) is 0.533. The van der Waals surface area contributed by atoms with Gasteiger partial charge in [0.15, 0.2) is 0 Å². The van der Waals surface area contributed by atoms with Crippen LogP contribution in [0.5, 0.6) is 0 Å². The van der Waals surface area contributed by atoms with Crippen LogP contribution in [-0.4, -0.2) is 27.6 Å². The first-order valence-corrected chi connectivity index (χ1v) is 8.28. The van der Waals surface area contributed by atoms with E-state index in [1.54, 1.807) is 17.7 Å². The molecule has 0 saturated heterocycles. The van der Waals surface area contributed by atoms with Crippen LogP contribution in [-0.2, 0) is 17.6 Å². The minimum atomic E-state index is -0.714. The Bertz CT molecular complexity index is 654. The van der Waals surface area contributed by atoms with Crippen LogP contribution >= 0.6 is 11.3 Å². The molecule has 0 unspecified atom stereocenters. The van der Waals surface area contributed by atoms with Crippen molar-refractivity contribution in [2.75, 3.05) is 11.9 Å². The molecule has 2 N–H and O–H groups in total. The van der Waals surface area contributed by atoms with Crippen molar-refractivity contribution >= 4 is 33.3 Å². The normalized spacial score (nSPS) is 13.5. The fourth-order valence-electron chi connectivity index (χ4n) is 2.85. The van der Waals surface area contributed by atoms with Crippen molar-refractivity contribution < 1.29 is 9.90 Å². The summed E-state index contributed by atoms with van der Waals surface area (Å²) in [4.78, 5) is 21.8. The molecule has 0 aromatic carbocycles. The summed E-state index contributed by atoms with van der Waals surface area (Å²) in [5, 5.41) is 13.2. The fourth-order valence-corrected chi connectivity index (χ4v) is 4.08. The topological polar surface area (TPSA) is 75.1 Å². The molecule has 3 rings (SSSR count). The average Bonchev–Trinajstić information content (AvgIpc) is 3.02. The lowest BCUT2D eigenvalue weighted by atomic mass is 10.1. The zero-order valence-corrected chi connectivity index (χ0v) is 12.7. The van der Waals surface area contributed by atoms with E-state index in [4.69, 9.17) is 5.11 Å². The Morgan fingerprint density at radius 2 is 2.19 bits per heavy atom. The van der Waals surface area contributed by atoms with Gasteiger partial charge in [0.1, 0.15) is 17.0 Å². The molecular weight excluding hydrogens is 286 g/mol. The summed E-state index contributed by atoms with van der Waals surface area (Å²) in [6.07, 6.45) is 8.06. The van der Waals surface area contributed by atoms with Gasteiger partial charge >= 0.3 is 5.97 Å². The number of carboxylic acids is 1. The SMILES string of the molecule is O=C(O)CCCCCNc1ncnc2sc3c(c12)CCC3. The Morgan fingerprint density at radius 1 is 1.29 bits per heavy atom. The molecule has 0 bridgehead atoms. The first-order chi connectivity index (χ1) is 10.3. The largest absolute Gasteiger partial charge is 0.481 e. The van der Waals surface area contributed by atoms with Gasteiger partial charge in [-0.3, -0.25) is 4.79 Å². The molecule has 112 valence electrons. The molecule has 0 fully saturated rings. The van der Waals surface area contributed by atoms with E-state index in [0.717, 1.165) is 42.9 Å². The zero-order valence-electron chi connectivity index (χ0n) is 11.9. The standard InChI is InChI=1S/C15H19N3O2S/c19-12(20)7-2-1-3-8-16-14-13-10-5-4-6-11(10)21-15(13)18-9-17-14/h9H,1-8H2,(H,19,20)(H,16,17,18). The molecule has 0 atom stereocenters. The number of anilines is 1. The predicted octanol–water partition coefficient (Wildman–Crippen LogP) is 3.24. The van der Waals surface area contributed by atoms with E-state index in [1.807, 2.05) is 0 Å². The molecule has 0 radical (unpaired) electrons. The molecule has 1 aliphatic carbocycles. The van der Waals surface area contributed by atoms with E-state index >= 15 is 0 Å². The number of thiophene rings is 1. The summed E-state index contributed by atoms with van der Waals surface area (Å²) in [6, 6.07) is 0. The number of nitrogens with one attached hydrogen (secondary N) is 1. The van der Waals surface area contributed by atoms with Crippen molar-refractivity contribution in [1.82, 2.24) is 9.97 Å². The minimum Gasteiger partial charge on any atom is -0.481 e. The number of carboxylic acid groups (broad SMARTS) is 1. The molecule has 1 aliphatic rings. The lowest BCUT2D eigenvalue weighted by Gasteiger charge is -2.07. The number of rotatable bonds is 7. The predicted molar refractivity (Wildman–Crippen MR) is 84.0 cm³/mol. The molecule has 0 amide bonds. The average molecular weight is 305 g/mol. The van der Waals surface area contributed by atoms with Crippen molar-refractivity contribution in [1.29, 1.82) is 0 Å². The number of carbonyl (C=O) groups is 1. The maximum Gasteiger partial charge on any atom is 0.303 e. The second kappa shape index (κ2) is 6.39. The number of hydrogen-bond acceptors (Lipinski definition) is 5. The van der Waals surface area contributed by atoms with Gasteiger partial charge in [-0.1, -0.05) is 6.42 Å². The lowest BCUT2D eigenvalue weighted by Crippen LogP contribution is -2.05. The zero-order chi connectivity index (χ0) is 14.7. The third-order valence-corrected chi connectivity index (χ3v) is 5.06. The summed E-state index contributed by atoms with van der Waals surface area (Å²) in [5.74, 6) is 0.229. The highest BCUT2D eigenvalue weighted by Crippen LogP contribution is 2.38. The number of aliphatic carboxylic acids is 1. The quantitative estimate of drug-likeness (QED) is 0.768. The van der Waals surface area contributed by atoms with Crippen molar-refractivity contribution in [2.45, 2.75) is 44.9 Å². The Labute approximate surface area is 127 Å². The monoisotopic (exact) mass is 305 g/mol. The highest BCUT2D eigenvalue weighted by Gasteiger charge is 2.20. The summed E-state index contributed by atoms with van der Waals surface area (Å²) >= 11 is 1.79. The first kappa shape index (κ1) is 14.3. The van der Waals surface area contributed by atoms with Gasteiger partial charge in [-0.15, -0.1) is 11.3 Å². The Kier molecular flexibility index (Phi) is 4.34. The number of fused-ring (bicyclic) bond motifs is 3. The van der Waals surface area contributed by atoms with Gasteiger partial charge in [-0.2, -0.15) is 0 Å². The van der Waals surface area contributed by atoms with Crippen molar-refractivity contribution in [3.8, 4) is 0 Å². The summed E-state index contributed by atoms with van der Waals surface area (Å²) < 4.78 is 0. The molecule has 0 aliphatic heterocycles. The number of nitrogens with zero attached hydrogens (tertiary/aromatic N) is 2. The van der Waals surface area contributed by atoms with Gasteiger partial charge in [0, 0.05) is 17.8 Å². The van der Waals surface area contributed by atoms with E-state index in [-0.39, 0.29) is 6.42 Å². The van der Waals surface area contributed by atoms with Gasteiger partial charge in [0.25, 0.3) is 0 Å². The van der Waals surface area contributed by atoms with Gasteiger partial charge in [-0.25, -0.2) is 9.97 Å². The van der Waals surface area contributed by atoms with E-state index in [1.165, 1.54) is 28.7 Å². The van der Waals surface area contributed by atoms with E-state index in [9.17, 15) is 4.79 Å². The number of aryl methyl sites for hydroxylation is 2. The molecule has 0 spiro atoms. The Morgan fingerprint density at radius 3 is 3.05 bits per heavy atom. The molecular formula is C15H19N3O2S. The van der Waals surface area contributed by atoms with E-state index in [0.29, 0.717) is 0 Å². The third-order valence-electron chi connectivity index (χ3n) is 3.86. The van der Waals surface area contributed by atoms with Gasteiger partial charge in [0.05, 0.1) is 5.39 Å². The molecule has 0 saturated carbocycles. The van der Waals surface area contributed by atoms with Crippen LogP contribution in [0.3, 0.4) is 0 Å². The number of unbranched alkanes of at least 4 members (excludes halogenated alkanes) is 2. The summed E-state index contributed by atoms with van der Waals surface area (Å²) in [7, 11) is 0. The van der Waals surface area contributed by atoms with Crippen LogP contribution < -0.4 is 5.32 Å². The lowest BCUT2D eigenvalue weighted by molar-refractivity contribution is -0.137. The van der Waals surface area contributed by atoms with Crippen LogP contribution in [0.2, 0.25) is 0 Å². The second-order valence-corrected chi connectivity index (χ2v) is 6.47. The van der Waals surface area contributed by atoms with E-state index < -0.39 is 5.97 Å². The van der Waals surface area contributed by atoms with E-state index in [2.05, 4.69) is 15.3 Å². The van der Waals surface area contributed by atoms with Crippen LogP contribution in [0, 0.1) is 0 Å². The van der Waals surface area contributed by atoms with Gasteiger partial charge in [0.2, 0.25) is 0 Å². The van der Waals surface area contributed by atoms with Crippen LogP contribution in [0.4, 0.5) is 5.82 Å². The maximum absolute atomic E-state index is 10.4. The van der Waals surface area contributed by atoms with Crippen molar-refractivity contribution in [2.24, 2.45) is 0 Å². The first-order valence-electron chi connectivity index (χ1n) is 7.46. The molecule has 2 aromatic heterocycles. The van der Waals surface area contributed by atoms with Gasteiger partial charge < -0.3 is 10.4 Å². The van der Waals surface area contributed by atoms with Crippen molar-refractivity contribution in [3.63, 3.8) is 0 Å². The molecule has 6 heteroatoms. The molecule has 5 nitrogen and oxygen atoms in total. The highest BCUT2D eigenvalue weighted by atomic mass is 32.1. The number of hydrogen-bond donors (Lipinski definition) is 2. The summed E-state index contributed by atoms with van der Waals surface area (Å²) in [5.41, 5.74) is 1.43. The van der Waals surface area contributed by atoms with Crippen LogP contribution in [0.15, 0.2) is 6.33 Å². The Hall–Kier alpha value is -1.69. The second-order valence-electron chi connectivity index (χ2n) is 5.39. The van der Waals surface area contributed by atoms with Crippen molar-refractivity contribution in [3.05, 3.63) is 16.8 Å². The molecule has 21 heavy (non-hydrogen) atoms. The smallest absolute Gasteiger partial charge is 0.303 e. The third kappa shape index (κ3) is 3.15. The molecule has 2 heterocycles. The van der Waals surface area contributed by atoms with Crippen LogP contribution in [0.25, 0.3) is 10.2 Å². The van der Waals surface area contributed by atoms with Crippen LogP contribution in [0.1, 0.15) is 42.5 Å². The maximum atomic E-state index is 10.4. The minimum absolute atomic E-state index is 0.260. The number of aromatic nitrogens is 2.